The van der Waals surface area contributed by atoms with E-state index < -0.39 is 48.0 Å². The Hall–Kier alpha value is -2.81. The van der Waals surface area contributed by atoms with Crippen molar-refractivity contribution in [2.24, 2.45) is 17.8 Å². The number of esters is 2. The minimum absolute atomic E-state index is 0.0192. The maximum absolute atomic E-state index is 13.1. The zero-order valence-electron chi connectivity index (χ0n) is 32.8. The molecule has 0 bridgehead atoms. The maximum Gasteiger partial charge on any atom is 0.407 e. The summed E-state index contributed by atoms with van der Waals surface area (Å²) in [5.74, 6) is -1.58. The Morgan fingerprint density at radius 2 is 1.85 bits per heavy atom. The molecule has 1 amide bonds. The van der Waals surface area contributed by atoms with E-state index in [0.29, 0.717) is 6.54 Å². The molecule has 0 aromatic carbocycles. The summed E-state index contributed by atoms with van der Waals surface area (Å²) in [6, 6.07) is 0. The van der Waals surface area contributed by atoms with Crippen LogP contribution in [0.5, 0.6) is 0 Å². The lowest BCUT2D eigenvalue weighted by molar-refractivity contribution is -0.157. The van der Waals surface area contributed by atoms with E-state index in [2.05, 4.69) is 36.0 Å². The van der Waals surface area contributed by atoms with Gasteiger partial charge in [-0.3, -0.25) is 14.5 Å². The Morgan fingerprint density at radius 3 is 2.48 bits per heavy atom. The number of amides is 1. The van der Waals surface area contributed by atoms with Crippen LogP contribution in [0.4, 0.5) is 4.79 Å². The van der Waals surface area contributed by atoms with Crippen LogP contribution in [0.25, 0.3) is 0 Å². The number of ether oxygens (including phenoxy) is 5. The number of methoxy groups -OCH3 is 1. The molecule has 11 unspecified atom stereocenters. The molecular weight excluding hydrogens is 670 g/mol. The number of aliphatic hydroxyl groups excluding tert-OH is 1. The molecule has 0 spiro atoms. The molecule has 13 nitrogen and oxygen atoms in total. The predicted octanol–water partition coefficient (Wildman–Crippen LogP) is 3.63. The molecule has 0 aromatic rings. The molecule has 52 heavy (non-hydrogen) atoms. The lowest BCUT2D eigenvalue weighted by Crippen LogP contribution is -2.47. The van der Waals surface area contributed by atoms with E-state index in [9.17, 15) is 24.6 Å². The van der Waals surface area contributed by atoms with Gasteiger partial charge in [0, 0.05) is 71.1 Å². The smallest absolute Gasteiger partial charge is 0.407 e. The van der Waals surface area contributed by atoms with E-state index in [1.165, 1.54) is 6.92 Å². The number of nitrogens with one attached hydrogen (secondary N) is 1. The van der Waals surface area contributed by atoms with Crippen molar-refractivity contribution in [1.29, 1.82) is 0 Å². The van der Waals surface area contributed by atoms with E-state index in [1.807, 2.05) is 39.0 Å². The fraction of sp³-hybridized carbons (Fsp3) is 0.769. The number of cyclic esters (lactones) is 1. The largest absolute Gasteiger partial charge is 0.457 e. The van der Waals surface area contributed by atoms with Gasteiger partial charge in [-0.05, 0) is 51.8 Å². The minimum atomic E-state index is -1.45. The highest BCUT2D eigenvalue weighted by Crippen LogP contribution is 2.39. The van der Waals surface area contributed by atoms with Crippen molar-refractivity contribution < 1.29 is 48.3 Å². The molecule has 3 N–H and O–H groups in total. The second kappa shape index (κ2) is 20.6. The Labute approximate surface area is 310 Å². The number of carbonyl (C=O) groups is 3. The number of nitrogens with zero attached hydrogens (tertiary/aromatic N) is 2. The van der Waals surface area contributed by atoms with Gasteiger partial charge >= 0.3 is 18.0 Å². The Kier molecular flexibility index (Phi) is 17.3. The molecule has 11 atom stereocenters. The SMILES string of the molecule is CCC(OC)C(C)C1OC1C(OC(=O)NCCN1CCN(C)CC1)C(C)/C=C/C=C(\C)C1OC(=O)CC(O)CCC(C)(O)C(OC(C)=O)/C=C/C1C. The molecule has 0 saturated carbocycles. The summed E-state index contributed by atoms with van der Waals surface area (Å²) in [7, 11) is 3.81. The van der Waals surface area contributed by atoms with Crippen LogP contribution in [0.1, 0.15) is 74.1 Å². The molecule has 296 valence electrons. The van der Waals surface area contributed by atoms with Gasteiger partial charge < -0.3 is 44.1 Å². The van der Waals surface area contributed by atoms with E-state index >= 15 is 0 Å². The third kappa shape index (κ3) is 13.6. The number of aliphatic hydroxyl groups is 2. The summed E-state index contributed by atoms with van der Waals surface area (Å²) < 4.78 is 29.2. The molecule has 2 saturated heterocycles. The second-order valence-corrected chi connectivity index (χ2v) is 15.1. The average Bonchev–Trinajstić information content (AvgIpc) is 3.88. The lowest BCUT2D eigenvalue weighted by atomic mass is 9.88. The van der Waals surface area contributed by atoms with Crippen molar-refractivity contribution in [2.45, 2.75) is 122 Å². The van der Waals surface area contributed by atoms with Gasteiger partial charge in [0.25, 0.3) is 0 Å². The molecule has 2 fully saturated rings. The Balaban J connectivity index is 1.76. The normalized spacial score (nSPS) is 32.8. The molecule has 0 aromatic heterocycles. The number of epoxide rings is 1. The fourth-order valence-electron chi connectivity index (χ4n) is 7.03. The highest BCUT2D eigenvalue weighted by atomic mass is 16.6. The van der Waals surface area contributed by atoms with E-state index in [4.69, 9.17) is 23.7 Å². The van der Waals surface area contributed by atoms with Crippen molar-refractivity contribution in [2.75, 3.05) is 53.4 Å². The van der Waals surface area contributed by atoms with Crippen molar-refractivity contribution in [1.82, 2.24) is 15.1 Å². The zero-order valence-corrected chi connectivity index (χ0v) is 32.8. The van der Waals surface area contributed by atoms with Crippen molar-refractivity contribution in [3.63, 3.8) is 0 Å². The average molecular weight is 736 g/mol. The molecule has 0 aliphatic carbocycles. The summed E-state index contributed by atoms with van der Waals surface area (Å²) in [5.41, 5.74) is -0.718. The van der Waals surface area contributed by atoms with Crippen LogP contribution in [0.3, 0.4) is 0 Å². The first kappa shape index (κ1) is 43.6. The molecule has 3 aliphatic rings. The van der Waals surface area contributed by atoms with Crippen LogP contribution in [0.2, 0.25) is 0 Å². The number of carbonyl (C=O) groups excluding carboxylic acids is 3. The molecule has 0 radical (unpaired) electrons. The first-order valence-corrected chi connectivity index (χ1v) is 18.9. The van der Waals surface area contributed by atoms with Crippen molar-refractivity contribution in [3.05, 3.63) is 36.0 Å². The first-order chi connectivity index (χ1) is 24.6. The van der Waals surface area contributed by atoms with Gasteiger partial charge in [0.15, 0.2) is 0 Å². The predicted molar refractivity (Wildman–Crippen MR) is 197 cm³/mol. The van der Waals surface area contributed by atoms with Crippen LogP contribution in [-0.4, -0.2) is 140 Å². The third-order valence-electron chi connectivity index (χ3n) is 10.6. The maximum atomic E-state index is 13.1. The summed E-state index contributed by atoms with van der Waals surface area (Å²) in [6.45, 7) is 17.8. The van der Waals surface area contributed by atoms with Gasteiger partial charge in [0.2, 0.25) is 0 Å². The van der Waals surface area contributed by atoms with Gasteiger partial charge in [-0.1, -0.05) is 52.0 Å². The summed E-state index contributed by atoms with van der Waals surface area (Å²) >= 11 is 0. The van der Waals surface area contributed by atoms with Crippen LogP contribution < -0.4 is 5.32 Å². The van der Waals surface area contributed by atoms with Crippen molar-refractivity contribution in [3.8, 4) is 0 Å². The fourth-order valence-corrected chi connectivity index (χ4v) is 7.03. The standard InChI is InChI=1S/C39H65N3O10/c1-10-31(48-9)28(5)36-37(51-36)35(52-38(46)40-18-19-42-22-20-41(8)21-23-42)26(3)13-11-12-25(2)34-27(4)14-15-32(49-29(6)43)39(7,47)17-16-30(44)24-33(45)50-34/h11-15,26-28,30-32,34-37,44,47H,10,16-24H2,1-9H3,(H,40,46)/b13-11+,15-14+,25-12+. The van der Waals surface area contributed by atoms with Crippen molar-refractivity contribution >= 4 is 18.0 Å². The summed E-state index contributed by atoms with van der Waals surface area (Å²) in [4.78, 5) is 42.4. The van der Waals surface area contributed by atoms with Gasteiger partial charge in [-0.25, -0.2) is 4.79 Å². The van der Waals surface area contributed by atoms with Crippen LogP contribution in [0, 0.1) is 17.8 Å². The second-order valence-electron chi connectivity index (χ2n) is 15.1. The highest BCUT2D eigenvalue weighted by Gasteiger charge is 2.52. The Bertz CT molecular complexity index is 1240. The summed E-state index contributed by atoms with van der Waals surface area (Å²) in [5, 5.41) is 24.5. The van der Waals surface area contributed by atoms with Crippen LogP contribution >= 0.6 is 0 Å². The minimum Gasteiger partial charge on any atom is -0.457 e. The molecule has 3 rings (SSSR count). The number of hydrogen-bond donors (Lipinski definition) is 3. The number of alkyl carbamates (subject to hydrolysis) is 1. The van der Waals surface area contributed by atoms with Gasteiger partial charge in [0.05, 0.1) is 24.7 Å². The topological polar surface area (TPSA) is 160 Å². The van der Waals surface area contributed by atoms with E-state index in [1.54, 1.807) is 26.2 Å². The number of likely N-dealkylation sites (N-methyl/N-ethyl adjacent to an activating group) is 1. The van der Waals surface area contributed by atoms with Crippen LogP contribution in [0.15, 0.2) is 36.0 Å². The van der Waals surface area contributed by atoms with E-state index in [0.717, 1.165) is 44.7 Å². The summed E-state index contributed by atoms with van der Waals surface area (Å²) in [6.07, 6.45) is 5.76. The monoisotopic (exact) mass is 735 g/mol. The van der Waals surface area contributed by atoms with Gasteiger partial charge in [-0.15, -0.1) is 0 Å². The van der Waals surface area contributed by atoms with E-state index in [-0.39, 0.29) is 55.3 Å². The quantitative estimate of drug-likeness (QED) is 0.0784. The number of piperazine rings is 1. The Morgan fingerprint density at radius 1 is 1.15 bits per heavy atom. The third-order valence-corrected chi connectivity index (χ3v) is 10.6. The highest BCUT2D eigenvalue weighted by molar-refractivity contribution is 5.70. The lowest BCUT2D eigenvalue weighted by Gasteiger charge is -2.32. The van der Waals surface area contributed by atoms with Crippen LogP contribution in [-0.2, 0) is 33.3 Å². The number of hydrogen-bond acceptors (Lipinski definition) is 12. The number of allylic oxidation sites excluding steroid dienone is 2. The molecule has 13 heteroatoms. The molecule has 3 aliphatic heterocycles. The van der Waals surface area contributed by atoms with Gasteiger partial charge in [-0.2, -0.15) is 0 Å². The zero-order chi connectivity index (χ0) is 38.6. The number of rotatable bonds is 14. The molecular formula is C39H65N3O10. The first-order valence-electron chi connectivity index (χ1n) is 18.9. The molecule has 3 heterocycles. The van der Waals surface area contributed by atoms with Gasteiger partial charge in [0.1, 0.15) is 30.0 Å².